The van der Waals surface area contributed by atoms with Crippen molar-refractivity contribution in [3.8, 4) is 34.0 Å². The maximum absolute atomic E-state index is 13.6. The van der Waals surface area contributed by atoms with Gasteiger partial charge in [-0.2, -0.15) is 5.21 Å². The van der Waals surface area contributed by atoms with Gasteiger partial charge in [-0.15, -0.1) is 10.2 Å². The molecule has 5 aromatic rings. The van der Waals surface area contributed by atoms with Crippen LogP contribution in [0.2, 0.25) is 5.02 Å². The van der Waals surface area contributed by atoms with Crippen molar-refractivity contribution >= 4 is 11.6 Å². The first-order valence-corrected chi connectivity index (χ1v) is 12.4. The number of hydrogen-bond acceptors (Lipinski definition) is 6. The van der Waals surface area contributed by atoms with Crippen molar-refractivity contribution in [1.29, 1.82) is 0 Å². The van der Waals surface area contributed by atoms with Gasteiger partial charge in [0.2, 0.25) is 5.82 Å². The molecule has 10 heteroatoms. The van der Waals surface area contributed by atoms with Crippen LogP contribution in [0.15, 0.2) is 71.8 Å². The van der Waals surface area contributed by atoms with Gasteiger partial charge in [0.05, 0.1) is 24.4 Å². The molecule has 37 heavy (non-hydrogen) atoms. The minimum atomic E-state index is -0.189. The van der Waals surface area contributed by atoms with E-state index >= 15 is 0 Å². The summed E-state index contributed by atoms with van der Waals surface area (Å²) in [6.07, 6.45) is 6.40. The van der Waals surface area contributed by atoms with Crippen LogP contribution in [0.25, 0.3) is 28.2 Å². The number of aromatic nitrogens is 7. The standard InChI is InChI=1S/C27H26ClN7O2/c1-3-4-8-20-17-35(25-23(28)11-7-12-24(25)37-2)27(36)34(20)16-19-14-13-18(15-29-19)21-9-5-6-10-22(21)26-30-32-33-31-26/h5-7,9-15,17H,3-4,8,16H2,1-2H3,(H,30,31,32,33). The largest absolute Gasteiger partial charge is 0.494 e. The molecule has 188 valence electrons. The maximum atomic E-state index is 13.6. The Kier molecular flexibility index (Phi) is 7.14. The van der Waals surface area contributed by atoms with E-state index in [-0.39, 0.29) is 5.69 Å². The first kappa shape index (κ1) is 24.5. The molecule has 0 amide bonds. The molecule has 5 rings (SSSR count). The van der Waals surface area contributed by atoms with Crippen LogP contribution in [-0.4, -0.2) is 41.9 Å². The lowest BCUT2D eigenvalue weighted by Crippen LogP contribution is -2.25. The summed E-state index contributed by atoms with van der Waals surface area (Å²) in [5.74, 6) is 1.06. The van der Waals surface area contributed by atoms with Crippen LogP contribution in [0, 0.1) is 0 Å². The van der Waals surface area contributed by atoms with Crippen molar-refractivity contribution in [2.45, 2.75) is 32.7 Å². The van der Waals surface area contributed by atoms with E-state index in [1.54, 1.807) is 40.6 Å². The van der Waals surface area contributed by atoms with Crippen molar-refractivity contribution in [3.05, 3.63) is 93.9 Å². The Balaban J connectivity index is 1.50. The lowest BCUT2D eigenvalue weighted by molar-refractivity contribution is 0.412. The number of ether oxygens (including phenoxy) is 1. The smallest absolute Gasteiger partial charge is 0.333 e. The normalized spacial score (nSPS) is 11.1. The number of halogens is 1. The van der Waals surface area contributed by atoms with Gasteiger partial charge < -0.3 is 4.74 Å². The lowest BCUT2D eigenvalue weighted by Gasteiger charge is -2.10. The summed E-state index contributed by atoms with van der Waals surface area (Å²) in [7, 11) is 1.57. The summed E-state index contributed by atoms with van der Waals surface area (Å²) in [5, 5.41) is 14.8. The van der Waals surface area contributed by atoms with Gasteiger partial charge in [-0.1, -0.05) is 61.3 Å². The summed E-state index contributed by atoms with van der Waals surface area (Å²) >= 11 is 6.49. The molecule has 0 saturated heterocycles. The highest BCUT2D eigenvalue weighted by Gasteiger charge is 2.18. The molecule has 0 aliphatic heterocycles. The number of pyridine rings is 1. The quantitative estimate of drug-likeness (QED) is 0.298. The Morgan fingerprint density at radius 1 is 1.05 bits per heavy atom. The molecular formula is C27H26ClN7O2. The number of para-hydroxylation sites is 1. The van der Waals surface area contributed by atoms with Crippen LogP contribution >= 0.6 is 11.6 Å². The molecule has 0 fully saturated rings. The van der Waals surface area contributed by atoms with Crippen LogP contribution in [0.3, 0.4) is 0 Å². The molecular weight excluding hydrogens is 490 g/mol. The Morgan fingerprint density at radius 2 is 1.89 bits per heavy atom. The number of H-pyrrole nitrogens is 1. The Bertz CT molecular complexity index is 1560. The predicted octanol–water partition coefficient (Wildman–Crippen LogP) is 4.93. The highest BCUT2D eigenvalue weighted by molar-refractivity contribution is 6.32. The van der Waals surface area contributed by atoms with Gasteiger partial charge in [0, 0.05) is 29.2 Å². The molecule has 0 unspecified atom stereocenters. The van der Waals surface area contributed by atoms with Crippen molar-refractivity contribution in [2.24, 2.45) is 0 Å². The Hall–Kier alpha value is -4.24. The number of benzene rings is 2. The third-order valence-electron chi connectivity index (χ3n) is 6.23. The molecule has 3 aromatic heterocycles. The van der Waals surface area contributed by atoms with Gasteiger partial charge >= 0.3 is 5.69 Å². The number of imidazole rings is 1. The molecule has 0 bridgehead atoms. The van der Waals surface area contributed by atoms with Gasteiger partial charge in [0.15, 0.2) is 0 Å². The van der Waals surface area contributed by atoms with Gasteiger partial charge in [-0.3, -0.25) is 14.1 Å². The fraction of sp³-hybridized carbons (Fsp3) is 0.222. The molecule has 0 radical (unpaired) electrons. The third kappa shape index (κ3) is 4.90. The van der Waals surface area contributed by atoms with Crippen molar-refractivity contribution in [2.75, 3.05) is 7.11 Å². The molecule has 0 aliphatic carbocycles. The van der Waals surface area contributed by atoms with Crippen molar-refractivity contribution in [1.82, 2.24) is 34.7 Å². The van der Waals surface area contributed by atoms with E-state index in [0.717, 1.165) is 47.3 Å². The molecule has 3 heterocycles. The number of rotatable bonds is 9. The summed E-state index contributed by atoms with van der Waals surface area (Å²) < 4.78 is 8.82. The summed E-state index contributed by atoms with van der Waals surface area (Å²) in [5.41, 5.74) is 4.75. The van der Waals surface area contributed by atoms with E-state index in [4.69, 9.17) is 16.3 Å². The van der Waals surface area contributed by atoms with E-state index in [1.807, 2.05) is 42.6 Å². The van der Waals surface area contributed by atoms with E-state index in [0.29, 0.717) is 28.8 Å². The monoisotopic (exact) mass is 515 g/mol. The van der Waals surface area contributed by atoms with Crippen LogP contribution in [0.4, 0.5) is 0 Å². The molecule has 9 nitrogen and oxygen atoms in total. The highest BCUT2D eigenvalue weighted by Crippen LogP contribution is 2.31. The van der Waals surface area contributed by atoms with E-state index in [9.17, 15) is 4.79 Å². The number of nitrogens with one attached hydrogen (secondary N) is 1. The Morgan fingerprint density at radius 3 is 2.59 bits per heavy atom. The fourth-order valence-electron chi connectivity index (χ4n) is 4.35. The highest BCUT2D eigenvalue weighted by atomic mass is 35.5. The van der Waals surface area contributed by atoms with Gasteiger partial charge in [-0.05, 0) is 41.8 Å². The minimum Gasteiger partial charge on any atom is -0.494 e. The zero-order valence-corrected chi connectivity index (χ0v) is 21.3. The van der Waals surface area contributed by atoms with Gasteiger partial charge in [0.1, 0.15) is 11.4 Å². The summed E-state index contributed by atoms with van der Waals surface area (Å²) in [6, 6.07) is 17.1. The number of tetrazole rings is 1. The van der Waals surface area contributed by atoms with Gasteiger partial charge in [0.25, 0.3) is 0 Å². The maximum Gasteiger partial charge on any atom is 0.333 e. The minimum absolute atomic E-state index is 0.189. The van der Waals surface area contributed by atoms with E-state index < -0.39 is 0 Å². The number of methoxy groups -OCH3 is 1. The predicted molar refractivity (Wildman–Crippen MR) is 142 cm³/mol. The summed E-state index contributed by atoms with van der Waals surface area (Å²) in [4.78, 5) is 18.3. The van der Waals surface area contributed by atoms with Crippen molar-refractivity contribution in [3.63, 3.8) is 0 Å². The summed E-state index contributed by atoms with van der Waals surface area (Å²) in [6.45, 7) is 2.47. The first-order valence-electron chi connectivity index (χ1n) is 12.0. The fourth-order valence-corrected chi connectivity index (χ4v) is 4.61. The second-order valence-corrected chi connectivity index (χ2v) is 8.98. The zero-order valence-electron chi connectivity index (χ0n) is 20.6. The molecule has 1 N–H and O–H groups in total. The number of aryl methyl sites for hydroxylation is 1. The van der Waals surface area contributed by atoms with Crippen LogP contribution in [-0.2, 0) is 13.0 Å². The number of aromatic amines is 1. The topological polar surface area (TPSA) is 104 Å². The SMILES string of the molecule is CCCCc1cn(-c2c(Cl)cccc2OC)c(=O)n1Cc1ccc(-c2ccccc2-c2nn[nH]n2)cn1. The lowest BCUT2D eigenvalue weighted by atomic mass is 10.0. The van der Waals surface area contributed by atoms with Crippen LogP contribution in [0.5, 0.6) is 5.75 Å². The zero-order chi connectivity index (χ0) is 25.8. The molecule has 0 atom stereocenters. The van der Waals surface area contributed by atoms with Crippen LogP contribution in [0.1, 0.15) is 31.2 Å². The average molecular weight is 516 g/mol. The second-order valence-electron chi connectivity index (χ2n) is 8.57. The molecule has 0 saturated carbocycles. The van der Waals surface area contributed by atoms with Crippen LogP contribution < -0.4 is 10.4 Å². The van der Waals surface area contributed by atoms with E-state index in [1.165, 1.54) is 0 Å². The number of nitrogens with zero attached hydrogens (tertiary/aromatic N) is 6. The molecule has 0 spiro atoms. The molecule has 2 aromatic carbocycles. The van der Waals surface area contributed by atoms with Crippen molar-refractivity contribution < 1.29 is 4.74 Å². The molecule has 0 aliphatic rings. The van der Waals surface area contributed by atoms with Gasteiger partial charge in [-0.25, -0.2) is 4.79 Å². The number of unbranched alkanes of at least 4 members (excludes halogenated alkanes) is 1. The second kappa shape index (κ2) is 10.8. The third-order valence-corrected chi connectivity index (χ3v) is 6.53. The average Bonchev–Trinajstić information content (AvgIpc) is 3.57. The van der Waals surface area contributed by atoms with E-state index in [2.05, 4.69) is 32.5 Å². The number of hydrogen-bond donors (Lipinski definition) is 1. The Labute approximate surface area is 218 Å². The first-order chi connectivity index (χ1) is 18.1.